The Labute approximate surface area is 354 Å². The van der Waals surface area contributed by atoms with Crippen LogP contribution in [-0.4, -0.2) is 114 Å². The van der Waals surface area contributed by atoms with Gasteiger partial charge in [0.1, 0.15) is 48.2 Å². The fourth-order valence-electron chi connectivity index (χ4n) is 7.10. The maximum Gasteiger partial charge on any atom is 0.475 e. The van der Waals surface area contributed by atoms with E-state index < -0.39 is 102 Å². The standard InChI is InChI=1S/C39H64O16P2SSi/c1-35(2,3)59(12,13)46-19-25-26-27(51-38(8,9)50-26)30(54-56(40)42-20-36(4,5)21-43-56)33(47-25)48-32-29-28(52-39(10,11)53-29)31(34(49-32)58-24-17-15-14-16-18-24)55-57(41)44-22-37(6,7)23-45-57/h14-18,25-34H,19-23H2,1-13H3. The molecule has 6 aliphatic rings. The fourth-order valence-corrected chi connectivity index (χ4v) is 12.8. The van der Waals surface area contributed by atoms with Crippen LogP contribution in [0, 0.1) is 10.8 Å². The molecule has 6 fully saturated rings. The van der Waals surface area contributed by atoms with Crippen molar-refractivity contribution >= 4 is 35.7 Å². The van der Waals surface area contributed by atoms with Crippen molar-refractivity contribution in [1.82, 2.24) is 0 Å². The van der Waals surface area contributed by atoms with Crippen molar-refractivity contribution in [3.8, 4) is 0 Å². The highest BCUT2D eigenvalue weighted by Crippen LogP contribution is 2.60. The van der Waals surface area contributed by atoms with E-state index in [9.17, 15) is 9.13 Å². The molecule has 16 nitrogen and oxygen atoms in total. The summed E-state index contributed by atoms with van der Waals surface area (Å²) < 4.78 is 117. The van der Waals surface area contributed by atoms with E-state index in [1.54, 1.807) is 27.7 Å². The molecule has 6 saturated heterocycles. The van der Waals surface area contributed by atoms with Gasteiger partial charge in [-0.1, -0.05) is 78.4 Å². The third kappa shape index (κ3) is 10.8. The molecule has 0 radical (unpaired) electrons. The smallest absolute Gasteiger partial charge is 0.414 e. The molecule has 59 heavy (non-hydrogen) atoms. The van der Waals surface area contributed by atoms with Crippen LogP contribution in [0.5, 0.6) is 0 Å². The summed E-state index contributed by atoms with van der Waals surface area (Å²) in [6.07, 6.45) is -8.94. The molecule has 6 heterocycles. The third-order valence-corrected chi connectivity index (χ3v) is 19.8. The van der Waals surface area contributed by atoms with E-state index in [4.69, 9.17) is 64.7 Å². The van der Waals surface area contributed by atoms with E-state index in [2.05, 4.69) is 33.9 Å². The highest BCUT2D eigenvalue weighted by atomic mass is 32.2. The van der Waals surface area contributed by atoms with Gasteiger partial charge in [0, 0.05) is 15.7 Å². The first-order valence-corrected chi connectivity index (χ1v) is 27.1. The molecule has 0 amide bonds. The van der Waals surface area contributed by atoms with Gasteiger partial charge in [0.15, 0.2) is 32.5 Å². The maximum absolute atomic E-state index is 14.2. The average Bonchev–Trinajstić information content (AvgIpc) is 3.64. The first-order chi connectivity index (χ1) is 27.2. The predicted octanol–water partition coefficient (Wildman–Crippen LogP) is 8.40. The summed E-state index contributed by atoms with van der Waals surface area (Å²) in [7, 11) is -10.5. The summed E-state index contributed by atoms with van der Waals surface area (Å²) in [5.74, 6) is -2.23. The first kappa shape index (κ1) is 46.7. The SMILES string of the molecule is CC1(C)COP(=O)(OC2C(OC3OC(Sc4ccccc4)C(OP4(=O)OCC(C)(C)CO4)C4OC(C)(C)OC34)OC(CO[Si](C)(C)C(C)(C)C)C3OC(C)(C)OC32)OC1. The van der Waals surface area contributed by atoms with Crippen molar-refractivity contribution in [2.45, 2.75) is 172 Å². The summed E-state index contributed by atoms with van der Waals surface area (Å²) in [5, 5.41) is -0.0890. The molecule has 0 saturated carbocycles. The minimum atomic E-state index is -4.18. The minimum absolute atomic E-state index is 0.0890. The molecule has 20 heteroatoms. The number of fused-ring (bicyclic) bond motifs is 2. The Balaban J connectivity index is 1.23. The number of thioether (sulfide) groups is 1. The second-order valence-corrected chi connectivity index (χ2v) is 29.4. The number of ether oxygens (including phenoxy) is 7. The molecule has 336 valence electrons. The molecular formula is C39H64O16P2SSi. The highest BCUT2D eigenvalue weighted by molar-refractivity contribution is 7.99. The molecule has 0 spiro atoms. The van der Waals surface area contributed by atoms with Gasteiger partial charge in [0.05, 0.1) is 33.0 Å². The Morgan fingerprint density at radius 3 is 1.68 bits per heavy atom. The Morgan fingerprint density at radius 1 is 0.678 bits per heavy atom. The van der Waals surface area contributed by atoms with Gasteiger partial charge in [0.25, 0.3) is 0 Å². The summed E-state index contributed by atoms with van der Waals surface area (Å²) in [6.45, 7) is 26.4. The van der Waals surface area contributed by atoms with E-state index in [1.165, 1.54) is 11.8 Å². The van der Waals surface area contributed by atoms with E-state index in [0.717, 1.165) is 4.90 Å². The molecular weight excluding hydrogens is 847 g/mol. The lowest BCUT2D eigenvalue weighted by Gasteiger charge is -2.47. The molecule has 10 unspecified atom stereocenters. The van der Waals surface area contributed by atoms with Crippen LogP contribution in [0.15, 0.2) is 35.2 Å². The highest BCUT2D eigenvalue weighted by Gasteiger charge is 2.63. The number of rotatable bonds is 11. The van der Waals surface area contributed by atoms with E-state index in [0.29, 0.717) is 0 Å². The van der Waals surface area contributed by atoms with Crippen molar-refractivity contribution in [1.29, 1.82) is 0 Å². The lowest BCUT2D eigenvalue weighted by Crippen LogP contribution is -2.63. The zero-order valence-electron chi connectivity index (χ0n) is 36.5. The van der Waals surface area contributed by atoms with Crippen LogP contribution in [0.3, 0.4) is 0 Å². The minimum Gasteiger partial charge on any atom is -0.414 e. The lowest BCUT2D eigenvalue weighted by atomic mass is 9.97. The molecule has 1 aromatic rings. The van der Waals surface area contributed by atoms with E-state index in [-0.39, 0.29) is 43.5 Å². The van der Waals surface area contributed by atoms with Crippen molar-refractivity contribution < 1.29 is 73.9 Å². The quantitative estimate of drug-likeness (QED) is 0.153. The van der Waals surface area contributed by atoms with Gasteiger partial charge in [-0.15, -0.1) is 0 Å². The van der Waals surface area contributed by atoms with Crippen molar-refractivity contribution in [3.63, 3.8) is 0 Å². The molecule has 6 aliphatic heterocycles. The molecule has 0 bridgehead atoms. The summed E-state index contributed by atoms with van der Waals surface area (Å²) in [5.41, 5.74) is -1.66. The van der Waals surface area contributed by atoms with Crippen LogP contribution in [0.4, 0.5) is 0 Å². The van der Waals surface area contributed by atoms with Crippen LogP contribution in [0.2, 0.25) is 18.1 Å². The fraction of sp³-hybridized carbons (Fsp3) is 0.846. The van der Waals surface area contributed by atoms with Gasteiger partial charge in [0.2, 0.25) is 0 Å². The number of hydrogen-bond acceptors (Lipinski definition) is 17. The van der Waals surface area contributed by atoms with Gasteiger partial charge < -0.3 is 37.6 Å². The van der Waals surface area contributed by atoms with Crippen molar-refractivity contribution in [3.05, 3.63) is 30.3 Å². The molecule has 10 atom stereocenters. The topological polar surface area (TPSA) is 163 Å². The number of hydrogen-bond donors (Lipinski definition) is 0. The van der Waals surface area contributed by atoms with Crippen LogP contribution in [-0.2, 0) is 73.9 Å². The van der Waals surface area contributed by atoms with Crippen LogP contribution in [0.25, 0.3) is 0 Å². The summed E-state index contributed by atoms with van der Waals surface area (Å²) in [6, 6.07) is 9.55. The average molecular weight is 911 g/mol. The zero-order valence-corrected chi connectivity index (χ0v) is 40.1. The van der Waals surface area contributed by atoms with Gasteiger partial charge >= 0.3 is 15.6 Å². The van der Waals surface area contributed by atoms with Crippen LogP contribution >= 0.6 is 27.4 Å². The number of phosphoric acid groups is 2. The monoisotopic (exact) mass is 910 g/mol. The zero-order chi connectivity index (χ0) is 43.0. The first-order valence-electron chi connectivity index (χ1n) is 20.3. The molecule has 0 N–H and O–H groups in total. The number of phosphoric ester groups is 2. The lowest BCUT2D eigenvalue weighted by molar-refractivity contribution is -0.351. The molecule has 0 aromatic heterocycles. The second kappa shape index (κ2) is 16.6. The van der Waals surface area contributed by atoms with Gasteiger partial charge in [-0.3, -0.25) is 27.1 Å². The second-order valence-electron chi connectivity index (χ2n) is 20.1. The molecule has 7 rings (SSSR count). The summed E-state index contributed by atoms with van der Waals surface area (Å²) >= 11 is 1.32. The summed E-state index contributed by atoms with van der Waals surface area (Å²) in [4.78, 5) is 0.832. The molecule has 1 aromatic carbocycles. The molecule has 0 aliphatic carbocycles. The third-order valence-electron chi connectivity index (χ3n) is 11.4. The van der Waals surface area contributed by atoms with Gasteiger partial charge in [-0.2, -0.15) is 0 Å². The Hall–Kier alpha value is -0.313. The normalized spacial score (nSPS) is 38.3. The van der Waals surface area contributed by atoms with E-state index in [1.807, 2.05) is 58.0 Å². The van der Waals surface area contributed by atoms with E-state index >= 15 is 0 Å². The maximum atomic E-state index is 14.2. The largest absolute Gasteiger partial charge is 0.475 e. The Bertz CT molecular complexity index is 1710. The van der Waals surface area contributed by atoms with Gasteiger partial charge in [-0.25, -0.2) is 9.13 Å². The van der Waals surface area contributed by atoms with Crippen molar-refractivity contribution in [2.75, 3.05) is 33.0 Å². The Kier molecular flexibility index (Phi) is 13.1. The Morgan fingerprint density at radius 2 is 1.15 bits per heavy atom. The van der Waals surface area contributed by atoms with Gasteiger partial charge in [-0.05, 0) is 58.0 Å². The number of benzene rings is 1. The van der Waals surface area contributed by atoms with Crippen LogP contribution in [0.1, 0.15) is 76.2 Å². The van der Waals surface area contributed by atoms with Crippen molar-refractivity contribution in [2.24, 2.45) is 10.8 Å². The predicted molar refractivity (Wildman–Crippen MR) is 218 cm³/mol. The van der Waals surface area contributed by atoms with Crippen LogP contribution < -0.4 is 0 Å².